The van der Waals surface area contributed by atoms with Gasteiger partial charge in [0.15, 0.2) is 0 Å². The van der Waals surface area contributed by atoms with Gasteiger partial charge in [0.1, 0.15) is 5.75 Å². The zero-order chi connectivity index (χ0) is 15.2. The van der Waals surface area contributed by atoms with Gasteiger partial charge in [0, 0.05) is 11.6 Å². The number of fused-ring (bicyclic) bond motifs is 1. The van der Waals surface area contributed by atoms with Crippen LogP contribution in [0.2, 0.25) is 0 Å². The number of benzene rings is 1. The van der Waals surface area contributed by atoms with E-state index in [9.17, 15) is 9.59 Å². The van der Waals surface area contributed by atoms with Crippen molar-refractivity contribution in [3.05, 3.63) is 40.2 Å². The first-order chi connectivity index (χ1) is 10.1. The summed E-state index contributed by atoms with van der Waals surface area (Å²) in [5, 5.41) is 9.54. The molecule has 21 heavy (non-hydrogen) atoms. The molecule has 0 bridgehead atoms. The molecule has 2 rings (SSSR count). The van der Waals surface area contributed by atoms with Crippen LogP contribution in [0.4, 0.5) is 0 Å². The van der Waals surface area contributed by atoms with Crippen LogP contribution in [0.1, 0.15) is 18.4 Å². The summed E-state index contributed by atoms with van der Waals surface area (Å²) >= 11 is 0. The Kier molecular flexibility index (Phi) is 4.94. The van der Waals surface area contributed by atoms with Crippen molar-refractivity contribution in [3.8, 4) is 5.75 Å². The Morgan fingerprint density at radius 3 is 2.81 bits per heavy atom. The monoisotopic (exact) mass is 290 g/mol. The number of aromatic amines is 1. The zero-order valence-corrected chi connectivity index (χ0v) is 11.6. The molecule has 2 aromatic rings. The van der Waals surface area contributed by atoms with Gasteiger partial charge in [-0.1, -0.05) is 0 Å². The van der Waals surface area contributed by atoms with E-state index in [1.54, 1.807) is 24.3 Å². The number of hydrogen-bond donors (Lipinski definition) is 3. The third kappa shape index (κ3) is 4.06. The highest BCUT2D eigenvalue weighted by Crippen LogP contribution is 2.19. The van der Waals surface area contributed by atoms with E-state index in [4.69, 9.17) is 15.6 Å². The number of nitrogens with two attached hydrogens (primary N) is 1. The predicted octanol–water partition coefficient (Wildman–Crippen LogP) is 1.27. The maximum atomic E-state index is 11.8. The number of nitrogens with one attached hydrogen (secondary N) is 1. The van der Waals surface area contributed by atoms with E-state index in [0.717, 1.165) is 18.2 Å². The predicted molar refractivity (Wildman–Crippen MR) is 79.7 cm³/mol. The average Bonchev–Trinajstić information content (AvgIpc) is 2.44. The number of aromatic nitrogens is 1. The van der Waals surface area contributed by atoms with Crippen LogP contribution < -0.4 is 16.0 Å². The zero-order valence-electron chi connectivity index (χ0n) is 11.6. The van der Waals surface area contributed by atoms with Crippen molar-refractivity contribution in [2.75, 3.05) is 13.2 Å². The molecule has 0 radical (unpaired) electrons. The van der Waals surface area contributed by atoms with E-state index < -0.39 is 5.97 Å². The molecule has 1 heterocycles. The van der Waals surface area contributed by atoms with Gasteiger partial charge in [-0.2, -0.15) is 0 Å². The second kappa shape index (κ2) is 6.90. The molecule has 6 heteroatoms. The normalized spacial score (nSPS) is 10.7. The smallest absolute Gasteiger partial charge is 0.308 e. The summed E-state index contributed by atoms with van der Waals surface area (Å²) in [7, 11) is 0. The molecule has 0 amide bonds. The maximum Gasteiger partial charge on any atom is 0.308 e. The molecule has 0 saturated carbocycles. The van der Waals surface area contributed by atoms with Crippen molar-refractivity contribution in [1.29, 1.82) is 0 Å². The standard InChI is InChI=1S/C15H18N2O4/c16-5-1-2-6-21-12-4-3-10-7-11(8-14(18)19)15(20)17-13(10)9-12/h3-4,7,9H,1-2,5-6,8,16H2,(H,17,20)(H,18,19). The summed E-state index contributed by atoms with van der Waals surface area (Å²) in [5.74, 6) is -0.360. The van der Waals surface area contributed by atoms with Gasteiger partial charge in [-0.05, 0) is 43.0 Å². The van der Waals surface area contributed by atoms with Gasteiger partial charge in [-0.3, -0.25) is 9.59 Å². The number of carbonyl (C=O) groups is 1. The van der Waals surface area contributed by atoms with E-state index in [2.05, 4.69) is 4.98 Å². The van der Waals surface area contributed by atoms with Gasteiger partial charge in [0.05, 0.1) is 18.5 Å². The summed E-state index contributed by atoms with van der Waals surface area (Å²) in [6, 6.07) is 6.94. The first-order valence-electron chi connectivity index (χ1n) is 6.81. The molecule has 1 aromatic heterocycles. The largest absolute Gasteiger partial charge is 0.494 e. The number of hydrogen-bond acceptors (Lipinski definition) is 4. The fourth-order valence-electron chi connectivity index (χ4n) is 2.05. The van der Waals surface area contributed by atoms with Crippen LogP contribution in [0.15, 0.2) is 29.1 Å². The second-order valence-electron chi connectivity index (χ2n) is 4.79. The number of H-pyrrole nitrogens is 1. The molecule has 4 N–H and O–H groups in total. The van der Waals surface area contributed by atoms with E-state index in [1.807, 2.05) is 0 Å². The van der Waals surface area contributed by atoms with Crippen LogP contribution in [0.3, 0.4) is 0 Å². The van der Waals surface area contributed by atoms with Gasteiger partial charge in [-0.25, -0.2) is 0 Å². The van der Waals surface area contributed by atoms with Crippen LogP contribution in [0, 0.1) is 0 Å². The Morgan fingerprint density at radius 1 is 1.29 bits per heavy atom. The lowest BCUT2D eigenvalue weighted by molar-refractivity contribution is -0.136. The van der Waals surface area contributed by atoms with Gasteiger partial charge in [0.2, 0.25) is 0 Å². The molecule has 0 aliphatic heterocycles. The lowest BCUT2D eigenvalue weighted by atomic mass is 10.1. The van der Waals surface area contributed by atoms with Crippen molar-refractivity contribution < 1.29 is 14.6 Å². The van der Waals surface area contributed by atoms with E-state index in [1.165, 1.54) is 0 Å². The fraction of sp³-hybridized carbons (Fsp3) is 0.333. The average molecular weight is 290 g/mol. The Labute approximate surface area is 121 Å². The van der Waals surface area contributed by atoms with Crippen LogP contribution in [0.25, 0.3) is 10.9 Å². The molecule has 1 aromatic carbocycles. The summed E-state index contributed by atoms with van der Waals surface area (Å²) < 4.78 is 5.58. The minimum absolute atomic E-state index is 0.242. The summed E-state index contributed by atoms with van der Waals surface area (Å²) in [6.07, 6.45) is 1.49. The highest BCUT2D eigenvalue weighted by molar-refractivity contribution is 5.81. The number of unbranched alkanes of at least 4 members (excludes halogenated alkanes) is 1. The molecule has 112 valence electrons. The SMILES string of the molecule is NCCCCOc1ccc2cc(CC(=O)O)c(=O)[nH]c2c1. The molecule has 0 saturated heterocycles. The van der Waals surface area contributed by atoms with Crippen molar-refractivity contribution in [3.63, 3.8) is 0 Å². The summed E-state index contributed by atoms with van der Waals surface area (Å²) in [4.78, 5) is 25.2. The topological polar surface area (TPSA) is 105 Å². The second-order valence-corrected chi connectivity index (χ2v) is 4.79. The highest BCUT2D eigenvalue weighted by Gasteiger charge is 2.07. The van der Waals surface area contributed by atoms with Crippen molar-refractivity contribution in [2.45, 2.75) is 19.3 Å². The first-order valence-corrected chi connectivity index (χ1v) is 6.81. The van der Waals surface area contributed by atoms with Crippen molar-refractivity contribution in [1.82, 2.24) is 4.98 Å². The van der Waals surface area contributed by atoms with Crippen LogP contribution in [-0.4, -0.2) is 29.2 Å². The molecule has 0 fully saturated rings. The van der Waals surface area contributed by atoms with E-state index in [-0.39, 0.29) is 17.5 Å². The minimum atomic E-state index is -1.03. The van der Waals surface area contributed by atoms with Gasteiger partial charge < -0.3 is 20.6 Å². The van der Waals surface area contributed by atoms with E-state index >= 15 is 0 Å². The number of rotatable bonds is 7. The number of aliphatic carboxylic acids is 1. The maximum absolute atomic E-state index is 11.8. The van der Waals surface area contributed by atoms with Gasteiger partial charge >= 0.3 is 5.97 Å². The van der Waals surface area contributed by atoms with E-state index in [0.29, 0.717) is 24.4 Å². The number of pyridine rings is 1. The van der Waals surface area contributed by atoms with Gasteiger partial charge in [0.25, 0.3) is 5.56 Å². The summed E-state index contributed by atoms with van der Waals surface area (Å²) in [5.41, 5.74) is 5.90. The summed E-state index contributed by atoms with van der Waals surface area (Å²) in [6.45, 7) is 1.21. The number of carboxylic acid groups (broad SMARTS) is 1. The molecule has 0 atom stereocenters. The first kappa shape index (κ1) is 15.1. The molecule has 0 spiro atoms. The fourth-order valence-corrected chi connectivity index (χ4v) is 2.05. The number of carboxylic acids is 1. The van der Waals surface area contributed by atoms with Crippen molar-refractivity contribution in [2.24, 2.45) is 5.73 Å². The molecule has 0 unspecified atom stereocenters. The lowest BCUT2D eigenvalue weighted by Gasteiger charge is -2.07. The molecular weight excluding hydrogens is 272 g/mol. The Bertz CT molecular complexity index is 694. The molecule has 0 aliphatic carbocycles. The quantitative estimate of drug-likeness (QED) is 0.666. The number of ether oxygens (including phenoxy) is 1. The Morgan fingerprint density at radius 2 is 2.10 bits per heavy atom. The lowest BCUT2D eigenvalue weighted by Crippen LogP contribution is -2.15. The highest BCUT2D eigenvalue weighted by atomic mass is 16.5. The van der Waals surface area contributed by atoms with Gasteiger partial charge in [-0.15, -0.1) is 0 Å². The third-order valence-electron chi connectivity index (χ3n) is 3.10. The molecule has 6 nitrogen and oxygen atoms in total. The van der Waals surface area contributed by atoms with Crippen molar-refractivity contribution >= 4 is 16.9 Å². The minimum Gasteiger partial charge on any atom is -0.494 e. The van der Waals surface area contributed by atoms with Crippen LogP contribution >= 0.6 is 0 Å². The van der Waals surface area contributed by atoms with Crippen LogP contribution in [-0.2, 0) is 11.2 Å². The Balaban J connectivity index is 2.20. The van der Waals surface area contributed by atoms with Crippen LogP contribution in [0.5, 0.6) is 5.75 Å². The Hall–Kier alpha value is -2.34. The molecular formula is C15H18N2O4. The molecule has 0 aliphatic rings. The third-order valence-corrected chi connectivity index (χ3v) is 3.10.